The van der Waals surface area contributed by atoms with Gasteiger partial charge < -0.3 is 9.90 Å². The van der Waals surface area contributed by atoms with Crippen LogP contribution in [0.15, 0.2) is 36.4 Å². The van der Waals surface area contributed by atoms with E-state index in [0.717, 1.165) is 11.2 Å². The van der Waals surface area contributed by atoms with Crippen molar-refractivity contribution < 1.29 is 14.7 Å². The molecule has 0 unspecified atom stereocenters. The molecular weight excluding hydrogens is 224 g/mol. The van der Waals surface area contributed by atoms with Crippen molar-refractivity contribution in [3.05, 3.63) is 46.8 Å². The summed E-state index contributed by atoms with van der Waals surface area (Å²) in [5.41, 5.74) is 0.724. The second-order valence-electron chi connectivity index (χ2n) is 3.15. The van der Waals surface area contributed by atoms with E-state index in [1.54, 1.807) is 30.3 Å². The van der Waals surface area contributed by atoms with Crippen LogP contribution in [0.1, 0.15) is 20.0 Å². The summed E-state index contributed by atoms with van der Waals surface area (Å²) in [7, 11) is 0. The molecule has 0 N–H and O–H groups in total. The molecule has 2 aromatic rings. The maximum Gasteiger partial charge on any atom is 0.160 e. The lowest BCUT2D eigenvalue weighted by atomic mass is 10.1. The van der Waals surface area contributed by atoms with Gasteiger partial charge in [0, 0.05) is 16.0 Å². The first kappa shape index (κ1) is 10.6. The van der Waals surface area contributed by atoms with Crippen LogP contribution in [0.5, 0.6) is 0 Å². The number of carboxylic acids is 1. The van der Waals surface area contributed by atoms with Gasteiger partial charge in [-0.15, -0.1) is 11.3 Å². The predicted octanol–water partition coefficient (Wildman–Crippen LogP) is 1.59. The van der Waals surface area contributed by atoms with Gasteiger partial charge in [-0.3, -0.25) is 4.79 Å². The van der Waals surface area contributed by atoms with Gasteiger partial charge in [-0.1, -0.05) is 24.3 Å². The van der Waals surface area contributed by atoms with E-state index in [9.17, 15) is 14.7 Å². The lowest BCUT2D eigenvalue weighted by Crippen LogP contribution is -2.22. The third-order valence-corrected chi connectivity index (χ3v) is 3.20. The standard InChI is InChI=1S/C12H8O3S/c13-7-8-5-6-11(16-8)9-3-1-2-4-10(9)12(14)15/h1-7H,(H,14,15)/p-1. The highest BCUT2D eigenvalue weighted by Gasteiger charge is 2.07. The van der Waals surface area contributed by atoms with Crippen LogP contribution in [-0.2, 0) is 0 Å². The molecule has 0 spiro atoms. The molecular formula is C12H7O3S-. The third kappa shape index (κ3) is 1.87. The Hall–Kier alpha value is -1.94. The van der Waals surface area contributed by atoms with Crippen LogP contribution < -0.4 is 5.11 Å². The summed E-state index contributed by atoms with van der Waals surface area (Å²) in [6.07, 6.45) is 0.746. The molecule has 16 heavy (non-hydrogen) atoms. The smallest absolute Gasteiger partial charge is 0.160 e. The van der Waals surface area contributed by atoms with E-state index in [1.165, 1.54) is 17.4 Å². The molecule has 0 bridgehead atoms. The number of carbonyl (C=O) groups is 2. The minimum Gasteiger partial charge on any atom is -0.545 e. The average molecular weight is 231 g/mol. The zero-order valence-electron chi connectivity index (χ0n) is 8.17. The molecule has 0 aliphatic rings. The van der Waals surface area contributed by atoms with E-state index in [2.05, 4.69) is 0 Å². The lowest BCUT2D eigenvalue weighted by molar-refractivity contribution is -0.254. The van der Waals surface area contributed by atoms with Crippen molar-refractivity contribution in [2.75, 3.05) is 0 Å². The molecule has 0 saturated heterocycles. The fourth-order valence-corrected chi connectivity index (χ4v) is 2.30. The average Bonchev–Trinajstić information content (AvgIpc) is 2.77. The highest BCUT2D eigenvalue weighted by atomic mass is 32.1. The highest BCUT2D eigenvalue weighted by molar-refractivity contribution is 7.17. The van der Waals surface area contributed by atoms with Crippen LogP contribution in [0.4, 0.5) is 0 Å². The first-order valence-corrected chi connectivity index (χ1v) is 5.40. The summed E-state index contributed by atoms with van der Waals surface area (Å²) in [6.45, 7) is 0. The van der Waals surface area contributed by atoms with Gasteiger partial charge in [-0.2, -0.15) is 0 Å². The van der Waals surface area contributed by atoms with Gasteiger partial charge in [0.2, 0.25) is 0 Å². The van der Waals surface area contributed by atoms with Crippen molar-refractivity contribution in [3.8, 4) is 10.4 Å². The van der Waals surface area contributed by atoms with Gasteiger partial charge in [-0.05, 0) is 12.1 Å². The third-order valence-electron chi connectivity index (χ3n) is 2.16. The Morgan fingerprint density at radius 2 is 1.94 bits per heavy atom. The predicted molar refractivity (Wildman–Crippen MR) is 59.5 cm³/mol. The van der Waals surface area contributed by atoms with E-state index in [0.29, 0.717) is 10.4 Å². The monoisotopic (exact) mass is 231 g/mol. The quantitative estimate of drug-likeness (QED) is 0.754. The molecule has 1 heterocycles. The molecule has 2 rings (SSSR count). The first-order valence-electron chi connectivity index (χ1n) is 4.58. The lowest BCUT2D eigenvalue weighted by Gasteiger charge is -2.07. The molecule has 4 heteroatoms. The van der Waals surface area contributed by atoms with Crippen molar-refractivity contribution in [2.24, 2.45) is 0 Å². The van der Waals surface area contributed by atoms with E-state index in [4.69, 9.17) is 0 Å². The summed E-state index contributed by atoms with van der Waals surface area (Å²) in [5.74, 6) is -1.21. The van der Waals surface area contributed by atoms with Crippen molar-refractivity contribution >= 4 is 23.6 Å². The first-order chi connectivity index (χ1) is 7.72. The summed E-state index contributed by atoms with van der Waals surface area (Å²) in [4.78, 5) is 22.8. The summed E-state index contributed by atoms with van der Waals surface area (Å²) >= 11 is 1.26. The minimum absolute atomic E-state index is 0.141. The molecule has 0 aliphatic carbocycles. The molecule has 0 radical (unpaired) electrons. The van der Waals surface area contributed by atoms with Gasteiger partial charge in [0.05, 0.1) is 10.8 Å². The van der Waals surface area contributed by atoms with Crippen LogP contribution >= 0.6 is 11.3 Å². The van der Waals surface area contributed by atoms with Gasteiger partial charge in [0.15, 0.2) is 6.29 Å². The second-order valence-corrected chi connectivity index (χ2v) is 4.27. The SMILES string of the molecule is O=Cc1ccc(-c2ccccc2C(=O)[O-])s1. The molecule has 0 atom stereocenters. The number of hydrogen-bond acceptors (Lipinski definition) is 4. The van der Waals surface area contributed by atoms with Crippen LogP contribution in [0.3, 0.4) is 0 Å². The Morgan fingerprint density at radius 1 is 1.19 bits per heavy atom. The van der Waals surface area contributed by atoms with E-state index >= 15 is 0 Å². The topological polar surface area (TPSA) is 57.2 Å². The molecule has 0 amide bonds. The summed E-state index contributed by atoms with van der Waals surface area (Å²) in [6, 6.07) is 9.98. The van der Waals surface area contributed by atoms with Gasteiger partial charge in [-0.25, -0.2) is 0 Å². The maximum atomic E-state index is 10.9. The fourth-order valence-electron chi connectivity index (χ4n) is 1.44. The van der Waals surface area contributed by atoms with E-state index < -0.39 is 5.97 Å². The van der Waals surface area contributed by atoms with Gasteiger partial charge in [0.1, 0.15) is 0 Å². The number of thiophene rings is 1. The van der Waals surface area contributed by atoms with E-state index in [1.807, 2.05) is 0 Å². The number of carboxylic acid groups (broad SMARTS) is 1. The molecule has 1 aromatic carbocycles. The molecule has 1 aromatic heterocycles. The van der Waals surface area contributed by atoms with Crippen LogP contribution in [0.2, 0.25) is 0 Å². The summed E-state index contributed by atoms with van der Waals surface area (Å²) < 4.78 is 0. The second kappa shape index (κ2) is 4.28. The fraction of sp³-hybridized carbons (Fsp3) is 0. The van der Waals surface area contributed by atoms with Gasteiger partial charge in [0.25, 0.3) is 0 Å². The largest absolute Gasteiger partial charge is 0.545 e. The van der Waals surface area contributed by atoms with Crippen molar-refractivity contribution in [3.63, 3.8) is 0 Å². The Balaban J connectivity index is 2.54. The molecule has 0 saturated carbocycles. The number of benzene rings is 1. The molecule has 3 nitrogen and oxygen atoms in total. The summed E-state index contributed by atoms with van der Waals surface area (Å²) in [5, 5.41) is 10.9. The van der Waals surface area contributed by atoms with Crippen molar-refractivity contribution in [1.29, 1.82) is 0 Å². The van der Waals surface area contributed by atoms with Crippen molar-refractivity contribution in [1.82, 2.24) is 0 Å². The molecule has 0 aliphatic heterocycles. The Kier molecular flexibility index (Phi) is 2.83. The van der Waals surface area contributed by atoms with Gasteiger partial charge >= 0.3 is 0 Å². The number of aldehydes is 1. The number of hydrogen-bond donors (Lipinski definition) is 0. The Bertz CT molecular complexity index is 543. The van der Waals surface area contributed by atoms with E-state index in [-0.39, 0.29) is 5.56 Å². The Morgan fingerprint density at radius 3 is 2.56 bits per heavy atom. The number of rotatable bonds is 3. The molecule has 80 valence electrons. The zero-order chi connectivity index (χ0) is 11.5. The highest BCUT2D eigenvalue weighted by Crippen LogP contribution is 2.29. The minimum atomic E-state index is -1.21. The van der Waals surface area contributed by atoms with Crippen LogP contribution in [0, 0.1) is 0 Å². The van der Waals surface area contributed by atoms with Crippen molar-refractivity contribution in [2.45, 2.75) is 0 Å². The van der Waals surface area contributed by atoms with Crippen LogP contribution in [0.25, 0.3) is 10.4 Å². The maximum absolute atomic E-state index is 10.9. The normalized spacial score (nSPS) is 10.0. The zero-order valence-corrected chi connectivity index (χ0v) is 8.99. The number of aromatic carboxylic acids is 1. The number of carbonyl (C=O) groups excluding carboxylic acids is 2. The Labute approximate surface area is 96.0 Å². The molecule has 0 fully saturated rings. The van der Waals surface area contributed by atoms with Crippen LogP contribution in [-0.4, -0.2) is 12.3 Å².